The maximum atomic E-state index is 13.7. The van der Waals surface area contributed by atoms with E-state index in [-0.39, 0.29) is 24.0 Å². The minimum Gasteiger partial charge on any atom is -0.493 e. The summed E-state index contributed by atoms with van der Waals surface area (Å²) in [5, 5.41) is 5.87. The molecule has 3 saturated heterocycles. The molecule has 3 aliphatic rings. The molecule has 2 bridgehead atoms. The van der Waals surface area contributed by atoms with Crippen LogP contribution in [0.3, 0.4) is 0 Å². The van der Waals surface area contributed by atoms with Crippen molar-refractivity contribution in [3.63, 3.8) is 0 Å². The number of carbonyl (C=O) groups is 2. The highest BCUT2D eigenvalue weighted by Crippen LogP contribution is 2.43. The molecule has 3 aromatic carbocycles. The summed E-state index contributed by atoms with van der Waals surface area (Å²) in [7, 11) is 3.24. The number of urea groups is 1. The van der Waals surface area contributed by atoms with Gasteiger partial charge in [0.05, 0.1) is 32.0 Å². The number of nitrogens with zero attached hydrogens (tertiary/aromatic N) is 3. The van der Waals surface area contributed by atoms with Crippen molar-refractivity contribution in [1.82, 2.24) is 15.1 Å². The Morgan fingerprint density at radius 2 is 1.81 bits per heavy atom. The zero-order valence-corrected chi connectivity index (χ0v) is 21.5. The zero-order chi connectivity index (χ0) is 25.7. The van der Waals surface area contributed by atoms with E-state index in [4.69, 9.17) is 21.7 Å². The number of benzene rings is 3. The molecule has 0 aliphatic carbocycles. The van der Waals surface area contributed by atoms with E-state index in [0.29, 0.717) is 35.4 Å². The van der Waals surface area contributed by atoms with Crippen LogP contribution in [0.15, 0.2) is 60.7 Å². The molecule has 0 aromatic heterocycles. The highest BCUT2D eigenvalue weighted by Gasteiger charge is 2.62. The van der Waals surface area contributed by atoms with Crippen LogP contribution in [0.25, 0.3) is 10.8 Å². The van der Waals surface area contributed by atoms with Gasteiger partial charge >= 0.3 is 6.03 Å². The van der Waals surface area contributed by atoms with Crippen LogP contribution in [0.5, 0.6) is 11.5 Å². The fraction of sp³-hybridized carbons (Fsp3) is 0.321. The van der Waals surface area contributed by atoms with Crippen molar-refractivity contribution in [3.8, 4) is 11.5 Å². The van der Waals surface area contributed by atoms with Gasteiger partial charge in [-0.25, -0.2) is 9.69 Å². The highest BCUT2D eigenvalue weighted by atomic mass is 32.1. The fourth-order valence-corrected chi connectivity index (χ4v) is 6.28. The Balaban J connectivity index is 1.15. The van der Waals surface area contributed by atoms with Gasteiger partial charge in [-0.3, -0.25) is 4.79 Å². The molecule has 0 saturated carbocycles. The number of methoxy groups -OCH3 is 2. The minimum absolute atomic E-state index is 0.0305. The second kappa shape index (κ2) is 9.23. The second-order valence-corrected chi connectivity index (χ2v) is 9.97. The third-order valence-corrected chi connectivity index (χ3v) is 8.05. The molecule has 0 spiro atoms. The third kappa shape index (κ3) is 3.76. The van der Waals surface area contributed by atoms with Crippen LogP contribution in [0.1, 0.15) is 12.0 Å². The summed E-state index contributed by atoms with van der Waals surface area (Å²) >= 11 is 5.74. The van der Waals surface area contributed by atoms with Crippen LogP contribution in [0, 0.1) is 0 Å². The summed E-state index contributed by atoms with van der Waals surface area (Å²) in [6.07, 6.45) is 1.51. The first-order valence-corrected chi connectivity index (χ1v) is 12.8. The summed E-state index contributed by atoms with van der Waals surface area (Å²) in [4.78, 5) is 32.4. The van der Waals surface area contributed by atoms with Crippen LogP contribution in [-0.2, 0) is 11.2 Å². The van der Waals surface area contributed by atoms with Crippen molar-refractivity contribution in [3.05, 3.63) is 66.2 Å². The van der Waals surface area contributed by atoms with Gasteiger partial charge in [-0.05, 0) is 54.2 Å². The number of piperazine rings is 1. The standard InChI is InChI=1S/C28H28N4O4S/c1-35-23-11-10-17(14-24(23)36-2)12-13-29-27(37)30-16-19-15-22(30)25-26(33)32(28(34)31(19)25)21-9-5-7-18-6-3-4-8-20(18)21/h3-11,14,19,22,25H,12-13,15-16H2,1-2H3,(H,29,37)/t19?,22?,25-/m0/s1. The first-order chi connectivity index (χ1) is 18.0. The largest absolute Gasteiger partial charge is 0.493 e. The summed E-state index contributed by atoms with van der Waals surface area (Å²) in [5.41, 5.74) is 1.74. The van der Waals surface area contributed by atoms with Gasteiger partial charge in [0.2, 0.25) is 0 Å². The molecule has 3 fully saturated rings. The first kappa shape index (κ1) is 23.5. The Morgan fingerprint density at radius 3 is 2.62 bits per heavy atom. The molecule has 3 heterocycles. The molecule has 2 unspecified atom stereocenters. The maximum Gasteiger partial charge on any atom is 0.332 e. The van der Waals surface area contributed by atoms with Gasteiger partial charge in [-0.15, -0.1) is 0 Å². The van der Waals surface area contributed by atoms with Gasteiger partial charge < -0.3 is 24.6 Å². The summed E-state index contributed by atoms with van der Waals surface area (Å²) < 4.78 is 10.7. The van der Waals surface area contributed by atoms with E-state index in [0.717, 1.165) is 29.2 Å². The lowest BCUT2D eigenvalue weighted by Gasteiger charge is -2.36. The molecular weight excluding hydrogens is 488 g/mol. The molecule has 37 heavy (non-hydrogen) atoms. The second-order valence-electron chi connectivity index (χ2n) is 9.59. The highest BCUT2D eigenvalue weighted by molar-refractivity contribution is 7.80. The molecule has 6 rings (SSSR count). The van der Waals surface area contributed by atoms with Crippen molar-refractivity contribution in [2.75, 3.05) is 32.2 Å². The van der Waals surface area contributed by atoms with Crippen molar-refractivity contribution in [2.24, 2.45) is 0 Å². The van der Waals surface area contributed by atoms with Crippen molar-refractivity contribution in [2.45, 2.75) is 31.0 Å². The number of carbonyl (C=O) groups excluding carboxylic acids is 2. The van der Waals surface area contributed by atoms with E-state index in [9.17, 15) is 9.59 Å². The molecule has 3 atom stereocenters. The Hall–Kier alpha value is -3.85. The number of amides is 3. The van der Waals surface area contributed by atoms with Gasteiger partial charge in [0.1, 0.15) is 6.04 Å². The smallest absolute Gasteiger partial charge is 0.332 e. The zero-order valence-electron chi connectivity index (χ0n) is 20.7. The van der Waals surface area contributed by atoms with Crippen LogP contribution in [0.2, 0.25) is 0 Å². The number of anilines is 1. The van der Waals surface area contributed by atoms with Crippen LogP contribution >= 0.6 is 12.2 Å². The van der Waals surface area contributed by atoms with Crippen LogP contribution < -0.4 is 19.7 Å². The van der Waals surface area contributed by atoms with E-state index < -0.39 is 6.04 Å². The third-order valence-electron chi connectivity index (χ3n) is 7.67. The number of fused-ring (bicyclic) bond motifs is 6. The lowest BCUT2D eigenvalue weighted by molar-refractivity contribution is -0.120. The number of thiocarbonyl (C=S) groups is 1. The monoisotopic (exact) mass is 516 g/mol. The van der Waals surface area contributed by atoms with Crippen LogP contribution in [0.4, 0.5) is 10.5 Å². The lowest BCUT2D eigenvalue weighted by atomic mass is 10.1. The first-order valence-electron chi connectivity index (χ1n) is 12.4. The molecule has 3 aliphatic heterocycles. The van der Waals surface area contributed by atoms with Gasteiger partial charge in [-0.1, -0.05) is 42.5 Å². The Labute approximate surface area is 220 Å². The number of hydrogen-bond donors (Lipinski definition) is 1. The molecule has 3 aromatic rings. The van der Waals surface area contributed by atoms with Crippen LogP contribution in [-0.4, -0.2) is 72.3 Å². The SMILES string of the molecule is COc1ccc(CCNC(=S)N2CC3CC2[C@H]2C(=O)N(c4cccc5ccccc45)C(=O)N32)cc1OC. The van der Waals surface area contributed by atoms with Gasteiger partial charge in [0.25, 0.3) is 5.91 Å². The maximum absolute atomic E-state index is 13.7. The van der Waals surface area contributed by atoms with Crippen molar-refractivity contribution >= 4 is 45.7 Å². The summed E-state index contributed by atoms with van der Waals surface area (Å²) in [5.74, 6) is 1.21. The van der Waals surface area contributed by atoms with Gasteiger partial charge in [0, 0.05) is 18.5 Å². The van der Waals surface area contributed by atoms with Crippen molar-refractivity contribution < 1.29 is 19.1 Å². The summed E-state index contributed by atoms with van der Waals surface area (Å²) in [6, 6.07) is 18.5. The van der Waals surface area contributed by atoms with E-state index in [1.165, 1.54) is 4.90 Å². The molecule has 9 heteroatoms. The average molecular weight is 517 g/mol. The topological polar surface area (TPSA) is 74.4 Å². The number of imide groups is 1. The number of hydrogen-bond acceptors (Lipinski definition) is 5. The minimum atomic E-state index is -0.518. The predicted octanol–water partition coefficient (Wildman–Crippen LogP) is 3.57. The predicted molar refractivity (Wildman–Crippen MR) is 145 cm³/mol. The summed E-state index contributed by atoms with van der Waals surface area (Å²) in [6.45, 7) is 1.28. The fourth-order valence-electron chi connectivity index (χ4n) is 5.97. The van der Waals surface area contributed by atoms with E-state index >= 15 is 0 Å². The van der Waals surface area contributed by atoms with Gasteiger partial charge in [-0.2, -0.15) is 0 Å². The number of likely N-dealkylation sites (tertiary alicyclic amines) is 1. The molecule has 190 valence electrons. The number of nitrogens with one attached hydrogen (secondary N) is 1. The van der Waals surface area contributed by atoms with Gasteiger partial charge in [0.15, 0.2) is 16.6 Å². The quantitative estimate of drug-likeness (QED) is 0.397. The number of rotatable bonds is 6. The Morgan fingerprint density at radius 1 is 1.03 bits per heavy atom. The molecule has 3 amide bonds. The molecular formula is C28H28N4O4S. The Bertz CT molecular complexity index is 1410. The molecule has 8 nitrogen and oxygen atoms in total. The van der Waals surface area contributed by atoms with E-state index in [1.54, 1.807) is 19.1 Å². The average Bonchev–Trinajstić information content (AvgIpc) is 3.59. The Kier molecular flexibility index (Phi) is 5.87. The molecule has 0 radical (unpaired) electrons. The van der Waals surface area contributed by atoms with Crippen molar-refractivity contribution in [1.29, 1.82) is 0 Å². The normalized spacial score (nSPS) is 22.1. The van der Waals surface area contributed by atoms with E-state index in [1.807, 2.05) is 60.7 Å². The molecule has 1 N–H and O–H groups in total. The van der Waals surface area contributed by atoms with E-state index in [2.05, 4.69) is 10.2 Å². The number of ether oxygens (including phenoxy) is 2. The lowest BCUT2D eigenvalue weighted by Crippen LogP contribution is -2.57.